The van der Waals surface area contributed by atoms with Crippen LogP contribution in [0.3, 0.4) is 0 Å². The maximum Gasteiger partial charge on any atom is 0.407 e. The third-order valence-electron chi connectivity index (χ3n) is 9.24. The number of hydrogen-bond donors (Lipinski definition) is 8. The van der Waals surface area contributed by atoms with Gasteiger partial charge in [0.1, 0.15) is 29.8 Å². The molecule has 0 saturated heterocycles. The molecule has 1 heterocycles. The second-order valence-corrected chi connectivity index (χ2v) is 16.1. The molecule has 0 fully saturated rings. The van der Waals surface area contributed by atoms with Crippen molar-refractivity contribution in [3.05, 3.63) is 102 Å². The minimum atomic E-state index is -1.31. The highest BCUT2D eigenvalue weighted by Crippen LogP contribution is 2.18. The molecule has 4 atom stereocenters. The molecule has 16 nitrogen and oxygen atoms in total. The molecule has 316 valence electrons. The number of amides is 6. The zero-order valence-electron chi connectivity index (χ0n) is 34.3. The highest BCUT2D eigenvalue weighted by Gasteiger charge is 2.33. The summed E-state index contributed by atoms with van der Waals surface area (Å²) < 4.78 is 5.25. The predicted octanol–water partition coefficient (Wildman–Crippen LogP) is 2.45. The van der Waals surface area contributed by atoms with E-state index in [1.807, 2.05) is 48.5 Å². The summed E-state index contributed by atoms with van der Waals surface area (Å²) in [5.74, 6) is -3.37. The molecule has 0 spiro atoms. The first kappa shape index (κ1) is 45.4. The Hall–Kier alpha value is -6.29. The van der Waals surface area contributed by atoms with Gasteiger partial charge in [-0.1, -0.05) is 72.8 Å². The molecule has 10 N–H and O–H groups in total. The Balaban J connectivity index is 1.57. The van der Waals surface area contributed by atoms with E-state index in [1.54, 1.807) is 45.0 Å². The lowest BCUT2D eigenvalue weighted by atomic mass is 9.99. The molecule has 3 aromatic carbocycles. The number of carbonyl (C=O) groups excluding carboxylic acids is 6. The summed E-state index contributed by atoms with van der Waals surface area (Å²) >= 11 is 0. The summed E-state index contributed by atoms with van der Waals surface area (Å²) in [6.07, 6.45) is 3.56. The van der Waals surface area contributed by atoms with Crippen molar-refractivity contribution >= 4 is 46.4 Å². The zero-order chi connectivity index (χ0) is 43.2. The first-order valence-corrected chi connectivity index (χ1v) is 19.6. The molecule has 4 aromatic rings. The number of primary amides is 1. The highest BCUT2D eigenvalue weighted by atomic mass is 16.6. The third kappa shape index (κ3) is 15.2. The van der Waals surface area contributed by atoms with Gasteiger partial charge in [0.15, 0.2) is 0 Å². The number of carbonyl (C=O) groups is 6. The lowest BCUT2D eigenvalue weighted by Crippen LogP contribution is -2.60. The van der Waals surface area contributed by atoms with Crippen LogP contribution in [0.1, 0.15) is 70.7 Å². The highest BCUT2D eigenvalue weighted by molar-refractivity contribution is 5.96. The molecule has 0 aliphatic carbocycles. The molecule has 59 heavy (non-hydrogen) atoms. The molecule has 0 unspecified atom stereocenters. The van der Waals surface area contributed by atoms with E-state index < -0.39 is 70.9 Å². The van der Waals surface area contributed by atoms with E-state index in [0.29, 0.717) is 18.5 Å². The SMILES string of the molecule is CC(C)(C)OC(=O)NCCCC[C@H](NC(=O)[C@@H](Cc1ccccc1)NC(=O)[C@@H](Cc1ccc2ccccc2c1)NC(=O)[C@H](Cc1cnc[nH]1)NC(=O)C(C)(C)N)C(N)=O. The van der Waals surface area contributed by atoms with Gasteiger partial charge in [0, 0.05) is 37.7 Å². The number of fused-ring (bicyclic) bond motifs is 1. The van der Waals surface area contributed by atoms with Gasteiger partial charge in [0.05, 0.1) is 11.9 Å². The number of benzene rings is 3. The largest absolute Gasteiger partial charge is 0.444 e. The molecule has 0 radical (unpaired) electrons. The van der Waals surface area contributed by atoms with Crippen LogP contribution in [0.4, 0.5) is 4.79 Å². The fourth-order valence-corrected chi connectivity index (χ4v) is 6.12. The van der Waals surface area contributed by atoms with Gasteiger partial charge in [-0.3, -0.25) is 24.0 Å². The third-order valence-corrected chi connectivity index (χ3v) is 9.24. The first-order valence-electron chi connectivity index (χ1n) is 19.6. The molecule has 16 heteroatoms. The lowest BCUT2D eigenvalue weighted by molar-refractivity contribution is -0.134. The number of rotatable bonds is 20. The van der Waals surface area contributed by atoms with Crippen LogP contribution in [0.5, 0.6) is 0 Å². The van der Waals surface area contributed by atoms with E-state index in [0.717, 1.165) is 21.9 Å². The molecule has 4 rings (SSSR count). The van der Waals surface area contributed by atoms with Gasteiger partial charge in [-0.15, -0.1) is 0 Å². The molecule has 1 aromatic heterocycles. The maximum atomic E-state index is 14.4. The van der Waals surface area contributed by atoms with Crippen molar-refractivity contribution in [2.45, 2.75) is 108 Å². The fourth-order valence-electron chi connectivity index (χ4n) is 6.12. The molecule has 0 aliphatic rings. The van der Waals surface area contributed by atoms with Crippen LogP contribution in [0, 0.1) is 0 Å². The topological polar surface area (TPSA) is 253 Å². The van der Waals surface area contributed by atoms with Crippen LogP contribution in [-0.2, 0) is 48.0 Å². The number of imidazole rings is 1. The summed E-state index contributed by atoms with van der Waals surface area (Å²) in [6.45, 7) is 8.57. The van der Waals surface area contributed by atoms with E-state index in [9.17, 15) is 28.8 Å². The smallest absolute Gasteiger partial charge is 0.407 e. The van der Waals surface area contributed by atoms with Gasteiger partial charge in [0.2, 0.25) is 29.5 Å². The Morgan fingerprint density at radius 2 is 1.27 bits per heavy atom. The Bertz CT molecular complexity index is 2040. The summed E-state index contributed by atoms with van der Waals surface area (Å²) in [5, 5.41) is 15.6. The fraction of sp³-hybridized carbons (Fsp3) is 0.419. The van der Waals surface area contributed by atoms with Gasteiger partial charge >= 0.3 is 6.09 Å². The average Bonchev–Trinajstić information content (AvgIpc) is 3.69. The van der Waals surface area contributed by atoms with E-state index in [1.165, 1.54) is 26.4 Å². The molecular weight excluding hydrogens is 755 g/mol. The Kier molecular flexibility index (Phi) is 16.1. The normalized spacial score (nSPS) is 13.6. The van der Waals surface area contributed by atoms with Crippen molar-refractivity contribution in [3.63, 3.8) is 0 Å². The number of aromatic nitrogens is 2. The van der Waals surface area contributed by atoms with Crippen LogP contribution in [-0.4, -0.2) is 87.4 Å². The van der Waals surface area contributed by atoms with Gasteiger partial charge in [-0.25, -0.2) is 9.78 Å². The van der Waals surface area contributed by atoms with Crippen molar-refractivity contribution in [2.75, 3.05) is 6.54 Å². The van der Waals surface area contributed by atoms with Crippen LogP contribution in [0.15, 0.2) is 85.3 Å². The van der Waals surface area contributed by atoms with Crippen molar-refractivity contribution in [2.24, 2.45) is 11.5 Å². The van der Waals surface area contributed by atoms with Crippen molar-refractivity contribution in [3.8, 4) is 0 Å². The van der Waals surface area contributed by atoms with Crippen molar-refractivity contribution < 1.29 is 33.5 Å². The van der Waals surface area contributed by atoms with Crippen molar-refractivity contribution in [1.82, 2.24) is 36.6 Å². The van der Waals surface area contributed by atoms with Crippen molar-refractivity contribution in [1.29, 1.82) is 0 Å². The number of ether oxygens (including phenoxy) is 1. The second-order valence-electron chi connectivity index (χ2n) is 16.1. The summed E-state index contributed by atoms with van der Waals surface area (Å²) in [6, 6.07) is 17.7. The zero-order valence-corrected chi connectivity index (χ0v) is 34.3. The van der Waals surface area contributed by atoms with Crippen LogP contribution in [0.2, 0.25) is 0 Å². The maximum absolute atomic E-state index is 14.4. The summed E-state index contributed by atoms with van der Waals surface area (Å²) in [7, 11) is 0. The number of hydrogen-bond acceptors (Lipinski definition) is 9. The Morgan fingerprint density at radius 1 is 0.695 bits per heavy atom. The number of nitrogens with one attached hydrogen (secondary N) is 6. The predicted molar refractivity (Wildman–Crippen MR) is 223 cm³/mol. The first-order chi connectivity index (χ1) is 27.9. The molecular formula is C43H57N9O7. The van der Waals surface area contributed by atoms with Crippen LogP contribution >= 0.6 is 0 Å². The van der Waals surface area contributed by atoms with Crippen LogP contribution < -0.4 is 38.1 Å². The van der Waals surface area contributed by atoms with Gasteiger partial charge in [-0.2, -0.15) is 0 Å². The van der Waals surface area contributed by atoms with Crippen LogP contribution in [0.25, 0.3) is 10.8 Å². The Morgan fingerprint density at radius 3 is 1.85 bits per heavy atom. The molecule has 0 bridgehead atoms. The standard InChI is InChI=1S/C43H57N9O7/c1-42(2,3)59-41(58)47-20-12-11-17-32(36(44)53)49-37(54)33(22-27-13-7-6-8-14-27)50-38(55)34(23-28-18-19-29-15-9-10-16-30(29)21-28)51-39(56)35(24-31-25-46-26-48-31)52-40(57)43(4,5)45/h6-10,13-16,18-19,21,25-26,32-35H,11-12,17,20,22-24,45H2,1-5H3,(H2,44,53)(H,46,48)(H,47,58)(H,49,54)(H,50,55)(H,51,56)(H,52,57)/t32-,33+,34+,35-/m0/s1. The monoisotopic (exact) mass is 811 g/mol. The number of unbranched alkanes of at least 4 members (excludes halogenated alkanes) is 1. The number of H-pyrrole nitrogens is 1. The number of aromatic amines is 1. The van der Waals surface area contributed by atoms with E-state index in [2.05, 4.69) is 36.6 Å². The van der Waals surface area contributed by atoms with Gasteiger partial charge in [0.25, 0.3) is 0 Å². The quantitative estimate of drug-likeness (QED) is 0.0610. The second kappa shape index (κ2) is 20.9. The molecule has 0 saturated carbocycles. The average molecular weight is 812 g/mol. The molecule has 0 aliphatic heterocycles. The van der Waals surface area contributed by atoms with Gasteiger partial charge < -0.3 is 47.8 Å². The number of alkyl carbamates (subject to hydrolysis) is 1. The summed E-state index contributed by atoms with van der Waals surface area (Å²) in [5.41, 5.74) is 11.8. The number of nitrogens with zero attached hydrogens (tertiary/aromatic N) is 1. The summed E-state index contributed by atoms with van der Waals surface area (Å²) in [4.78, 5) is 87.0. The minimum Gasteiger partial charge on any atom is -0.444 e. The van der Waals surface area contributed by atoms with E-state index >= 15 is 0 Å². The number of nitrogens with two attached hydrogens (primary N) is 2. The lowest BCUT2D eigenvalue weighted by Gasteiger charge is -2.27. The van der Waals surface area contributed by atoms with E-state index in [-0.39, 0.29) is 32.2 Å². The van der Waals surface area contributed by atoms with Gasteiger partial charge in [-0.05, 0) is 75.8 Å². The molecule has 6 amide bonds. The van der Waals surface area contributed by atoms with E-state index in [4.69, 9.17) is 16.2 Å². The Labute approximate surface area is 344 Å². The minimum absolute atomic E-state index is 0.0164.